The van der Waals surface area contributed by atoms with Crippen LogP contribution in [0.15, 0.2) is 18.3 Å². The van der Waals surface area contributed by atoms with Crippen molar-refractivity contribution in [2.75, 3.05) is 26.2 Å². The summed E-state index contributed by atoms with van der Waals surface area (Å²) in [6, 6.07) is 6.09. The molecule has 101 valence electrons. The molecule has 0 saturated carbocycles. The number of aromatic nitrogens is 1. The van der Waals surface area contributed by atoms with Gasteiger partial charge >= 0.3 is 0 Å². The second-order valence-electron chi connectivity index (χ2n) is 4.30. The lowest BCUT2D eigenvalue weighted by molar-refractivity contribution is -0.136. The number of morpholine rings is 1. The third-order valence-corrected chi connectivity index (χ3v) is 2.90. The summed E-state index contributed by atoms with van der Waals surface area (Å²) in [6.45, 7) is 3.49. The van der Waals surface area contributed by atoms with E-state index in [1.807, 2.05) is 0 Å². The van der Waals surface area contributed by atoms with E-state index in [2.05, 4.69) is 16.4 Å². The molecule has 2 rings (SSSR count). The molecule has 0 aliphatic carbocycles. The molecule has 19 heavy (non-hydrogen) atoms. The SMILES string of the molecule is CC(=O)N1CCOC(CNC(=O)c2[c]cccn2)C1. The van der Waals surface area contributed by atoms with Gasteiger partial charge in [-0.2, -0.15) is 0 Å². The van der Waals surface area contributed by atoms with E-state index in [9.17, 15) is 9.59 Å². The second kappa shape index (κ2) is 6.29. The first-order chi connectivity index (χ1) is 9.16. The highest BCUT2D eigenvalue weighted by Crippen LogP contribution is 2.04. The molecule has 1 aliphatic heterocycles. The Morgan fingerprint density at radius 3 is 3.16 bits per heavy atom. The van der Waals surface area contributed by atoms with Crippen LogP contribution >= 0.6 is 0 Å². The predicted molar refractivity (Wildman–Crippen MR) is 67.4 cm³/mol. The summed E-state index contributed by atoms with van der Waals surface area (Å²) in [5, 5.41) is 2.73. The van der Waals surface area contributed by atoms with Crippen molar-refractivity contribution in [1.29, 1.82) is 0 Å². The van der Waals surface area contributed by atoms with Gasteiger partial charge in [0.05, 0.1) is 12.7 Å². The van der Waals surface area contributed by atoms with Crippen LogP contribution in [0.1, 0.15) is 17.4 Å². The third kappa shape index (κ3) is 3.75. The van der Waals surface area contributed by atoms with Gasteiger partial charge in [-0.25, -0.2) is 0 Å². The maximum absolute atomic E-state index is 11.8. The fourth-order valence-corrected chi connectivity index (χ4v) is 1.87. The Balaban J connectivity index is 1.82. The molecule has 1 radical (unpaired) electrons. The van der Waals surface area contributed by atoms with Crippen LogP contribution < -0.4 is 5.32 Å². The maximum atomic E-state index is 11.8. The van der Waals surface area contributed by atoms with Gasteiger partial charge < -0.3 is 15.0 Å². The molecule has 0 spiro atoms. The second-order valence-corrected chi connectivity index (χ2v) is 4.30. The van der Waals surface area contributed by atoms with Gasteiger partial charge in [-0.1, -0.05) is 6.07 Å². The molecule has 2 amide bonds. The minimum Gasteiger partial charge on any atom is -0.373 e. The van der Waals surface area contributed by atoms with Gasteiger partial charge in [0.1, 0.15) is 5.69 Å². The Hall–Kier alpha value is -1.95. The standard InChI is InChI=1S/C13H16N3O3/c1-10(17)16-6-7-19-11(9-16)8-15-13(18)12-4-2-3-5-14-12/h2-3,5,11H,6-9H2,1H3,(H,15,18). The summed E-state index contributed by atoms with van der Waals surface area (Å²) in [6.07, 6.45) is 1.37. The topological polar surface area (TPSA) is 71.5 Å². The summed E-state index contributed by atoms with van der Waals surface area (Å²) in [4.78, 5) is 28.7. The lowest BCUT2D eigenvalue weighted by Gasteiger charge is -2.32. The molecular formula is C13H16N3O3. The minimum absolute atomic E-state index is 0.0256. The molecule has 1 aromatic rings. The van der Waals surface area contributed by atoms with Crippen molar-refractivity contribution in [2.45, 2.75) is 13.0 Å². The molecule has 1 unspecified atom stereocenters. The van der Waals surface area contributed by atoms with Gasteiger partial charge in [0.15, 0.2) is 0 Å². The van der Waals surface area contributed by atoms with Crippen molar-refractivity contribution in [1.82, 2.24) is 15.2 Å². The van der Waals surface area contributed by atoms with Crippen LogP contribution in [0.2, 0.25) is 0 Å². The number of hydrogen-bond acceptors (Lipinski definition) is 4. The first kappa shape index (κ1) is 13.5. The van der Waals surface area contributed by atoms with Gasteiger partial charge in [0.2, 0.25) is 5.91 Å². The lowest BCUT2D eigenvalue weighted by Crippen LogP contribution is -2.49. The van der Waals surface area contributed by atoms with E-state index < -0.39 is 0 Å². The highest BCUT2D eigenvalue weighted by molar-refractivity contribution is 5.91. The molecule has 1 fully saturated rings. The zero-order valence-electron chi connectivity index (χ0n) is 10.8. The Labute approximate surface area is 111 Å². The Bertz CT molecular complexity index is 450. The van der Waals surface area contributed by atoms with Gasteiger partial charge in [-0.15, -0.1) is 0 Å². The van der Waals surface area contributed by atoms with Crippen LogP contribution in [0, 0.1) is 6.07 Å². The number of amides is 2. The summed E-state index contributed by atoms with van der Waals surface area (Å²) in [5.74, 6) is -0.262. The van der Waals surface area contributed by atoms with Crippen molar-refractivity contribution in [3.63, 3.8) is 0 Å². The van der Waals surface area contributed by atoms with Gasteiger partial charge in [0, 0.05) is 38.8 Å². The number of hydrogen-bond donors (Lipinski definition) is 1. The number of pyridine rings is 1. The number of carbonyl (C=O) groups excluding carboxylic acids is 2. The first-order valence-electron chi connectivity index (χ1n) is 6.15. The lowest BCUT2D eigenvalue weighted by atomic mass is 10.2. The third-order valence-electron chi connectivity index (χ3n) is 2.90. The summed E-state index contributed by atoms with van der Waals surface area (Å²) < 4.78 is 5.51. The van der Waals surface area contributed by atoms with Gasteiger partial charge in [-0.3, -0.25) is 14.6 Å². The monoisotopic (exact) mass is 262 g/mol. The normalized spacial score (nSPS) is 19.0. The average molecular weight is 262 g/mol. The van der Waals surface area contributed by atoms with E-state index in [-0.39, 0.29) is 23.6 Å². The Morgan fingerprint density at radius 1 is 1.63 bits per heavy atom. The molecule has 1 atom stereocenters. The molecule has 1 aliphatic rings. The molecular weight excluding hydrogens is 246 g/mol. The Morgan fingerprint density at radius 2 is 2.47 bits per heavy atom. The average Bonchev–Trinajstić information content (AvgIpc) is 2.46. The summed E-state index contributed by atoms with van der Waals surface area (Å²) in [5.41, 5.74) is 0.252. The van der Waals surface area contributed by atoms with Crippen LogP contribution in [-0.2, 0) is 9.53 Å². The quantitative estimate of drug-likeness (QED) is 0.823. The highest BCUT2D eigenvalue weighted by atomic mass is 16.5. The molecule has 2 heterocycles. The number of ether oxygens (including phenoxy) is 1. The zero-order valence-corrected chi connectivity index (χ0v) is 10.8. The highest BCUT2D eigenvalue weighted by Gasteiger charge is 2.22. The summed E-state index contributed by atoms with van der Waals surface area (Å²) >= 11 is 0. The summed E-state index contributed by atoms with van der Waals surface area (Å²) in [7, 11) is 0. The van der Waals surface area contributed by atoms with E-state index >= 15 is 0 Å². The molecule has 1 N–H and O–H groups in total. The number of nitrogens with zero attached hydrogens (tertiary/aromatic N) is 2. The molecule has 6 heteroatoms. The molecule has 1 saturated heterocycles. The number of carbonyl (C=O) groups is 2. The van der Waals surface area contributed by atoms with Crippen molar-refractivity contribution in [3.05, 3.63) is 30.1 Å². The predicted octanol–water partition coefficient (Wildman–Crippen LogP) is -0.141. The molecule has 6 nitrogen and oxygen atoms in total. The van der Waals surface area contributed by atoms with Crippen molar-refractivity contribution in [2.24, 2.45) is 0 Å². The smallest absolute Gasteiger partial charge is 0.270 e. The van der Waals surface area contributed by atoms with Gasteiger partial charge in [0.25, 0.3) is 5.91 Å². The van der Waals surface area contributed by atoms with Crippen molar-refractivity contribution >= 4 is 11.8 Å². The van der Waals surface area contributed by atoms with Crippen LogP contribution in [0.3, 0.4) is 0 Å². The number of nitrogens with one attached hydrogen (secondary N) is 1. The minimum atomic E-state index is -0.288. The fraction of sp³-hybridized carbons (Fsp3) is 0.462. The van der Waals surface area contributed by atoms with E-state index in [1.54, 1.807) is 23.2 Å². The van der Waals surface area contributed by atoms with Crippen LogP contribution in [0.5, 0.6) is 0 Å². The zero-order chi connectivity index (χ0) is 13.7. The molecule has 0 aromatic carbocycles. The maximum Gasteiger partial charge on any atom is 0.270 e. The molecule has 0 bridgehead atoms. The number of rotatable bonds is 3. The van der Waals surface area contributed by atoms with Crippen LogP contribution in [0.4, 0.5) is 0 Å². The first-order valence-corrected chi connectivity index (χ1v) is 6.15. The van der Waals surface area contributed by atoms with E-state index in [1.165, 1.54) is 6.92 Å². The Kier molecular flexibility index (Phi) is 4.46. The van der Waals surface area contributed by atoms with Crippen molar-refractivity contribution in [3.8, 4) is 0 Å². The largest absolute Gasteiger partial charge is 0.373 e. The van der Waals surface area contributed by atoms with Crippen molar-refractivity contribution < 1.29 is 14.3 Å². The fourth-order valence-electron chi connectivity index (χ4n) is 1.87. The van der Waals surface area contributed by atoms with Gasteiger partial charge in [-0.05, 0) is 6.07 Å². The van der Waals surface area contributed by atoms with E-state index in [0.29, 0.717) is 26.2 Å². The van der Waals surface area contributed by atoms with Crippen LogP contribution in [-0.4, -0.2) is 54.0 Å². The van der Waals surface area contributed by atoms with E-state index in [4.69, 9.17) is 4.74 Å². The van der Waals surface area contributed by atoms with E-state index in [0.717, 1.165) is 0 Å². The van der Waals surface area contributed by atoms with Crippen LogP contribution in [0.25, 0.3) is 0 Å². The molecule has 1 aromatic heterocycles.